The first-order valence-corrected chi connectivity index (χ1v) is 6.83. The molecule has 4 rings (SSSR count). The molecule has 1 fully saturated rings. The summed E-state index contributed by atoms with van der Waals surface area (Å²) in [5.74, 6) is -0.689. The van der Waals surface area contributed by atoms with Gasteiger partial charge >= 0.3 is 5.97 Å². The van der Waals surface area contributed by atoms with E-state index >= 15 is 0 Å². The fourth-order valence-corrected chi connectivity index (χ4v) is 3.72. The fourth-order valence-electron chi connectivity index (χ4n) is 3.72. The molecule has 0 amide bonds. The summed E-state index contributed by atoms with van der Waals surface area (Å²) in [4.78, 5) is 31.3. The Balaban J connectivity index is 1.75. The van der Waals surface area contributed by atoms with Crippen LogP contribution in [0.15, 0.2) is 35.8 Å². The highest BCUT2D eigenvalue weighted by Crippen LogP contribution is 2.52. The molecule has 3 aliphatic rings. The minimum atomic E-state index is -1.15. The Kier molecular flexibility index (Phi) is 2.34. The smallest absolute Gasteiger partial charge is 0.339 e. The number of aliphatic carboxylic acids is 1. The Morgan fingerprint density at radius 2 is 2.33 bits per heavy atom. The lowest BCUT2D eigenvalue weighted by atomic mass is 9.81. The van der Waals surface area contributed by atoms with Crippen molar-refractivity contribution in [3.8, 4) is 0 Å². The van der Waals surface area contributed by atoms with E-state index in [2.05, 4.69) is 15.3 Å². The average Bonchev–Trinajstić information content (AvgIpc) is 2.99. The number of carbonyl (C=O) groups excluding carboxylic acids is 1. The summed E-state index contributed by atoms with van der Waals surface area (Å²) in [5.41, 5.74) is 1.84. The van der Waals surface area contributed by atoms with E-state index in [1.54, 1.807) is 6.08 Å². The summed E-state index contributed by atoms with van der Waals surface area (Å²) < 4.78 is 0. The number of nitrogens with one attached hydrogen (secondary N) is 1. The molecule has 6 nitrogen and oxygen atoms in total. The third-order valence-electron chi connectivity index (χ3n) is 4.69. The topological polar surface area (TPSA) is 92.2 Å². The van der Waals surface area contributed by atoms with Crippen LogP contribution in [0.5, 0.6) is 0 Å². The summed E-state index contributed by atoms with van der Waals surface area (Å²) in [6.07, 6.45) is 7.99. The van der Waals surface area contributed by atoms with Gasteiger partial charge < -0.3 is 10.4 Å². The first kappa shape index (κ1) is 12.3. The van der Waals surface area contributed by atoms with Crippen molar-refractivity contribution in [1.29, 1.82) is 0 Å². The maximum Gasteiger partial charge on any atom is 0.339 e. The Labute approximate surface area is 120 Å². The van der Waals surface area contributed by atoms with Gasteiger partial charge in [0.15, 0.2) is 5.78 Å². The van der Waals surface area contributed by atoms with Gasteiger partial charge in [-0.05, 0) is 18.9 Å². The molecule has 0 aromatic carbocycles. The molecule has 2 heterocycles. The van der Waals surface area contributed by atoms with Crippen LogP contribution >= 0.6 is 0 Å². The second kappa shape index (κ2) is 4.00. The number of carboxylic acids is 1. The number of allylic oxidation sites excluding steroid dienone is 3. The van der Waals surface area contributed by atoms with E-state index in [4.69, 9.17) is 5.11 Å². The monoisotopic (exact) mass is 283 g/mol. The highest BCUT2D eigenvalue weighted by molar-refractivity contribution is 6.22. The van der Waals surface area contributed by atoms with Crippen LogP contribution < -0.4 is 5.32 Å². The molecule has 0 saturated heterocycles. The number of hydrogen-bond acceptors (Lipinski definition) is 5. The van der Waals surface area contributed by atoms with Crippen molar-refractivity contribution < 1.29 is 14.7 Å². The number of aromatic nitrogens is 2. The molecule has 1 aliphatic heterocycles. The zero-order valence-corrected chi connectivity index (χ0v) is 11.2. The first-order chi connectivity index (χ1) is 10.1. The summed E-state index contributed by atoms with van der Waals surface area (Å²) in [6, 6.07) is 0. The average molecular weight is 283 g/mol. The van der Waals surface area contributed by atoms with Crippen LogP contribution in [0.1, 0.15) is 18.4 Å². The Bertz CT molecular complexity index is 737. The van der Waals surface area contributed by atoms with Crippen LogP contribution in [0, 0.1) is 5.92 Å². The lowest BCUT2D eigenvalue weighted by Gasteiger charge is -2.21. The number of rotatable bonds is 1. The molecule has 2 atom stereocenters. The predicted molar refractivity (Wildman–Crippen MR) is 73.7 cm³/mol. The van der Waals surface area contributed by atoms with Gasteiger partial charge in [-0.2, -0.15) is 0 Å². The van der Waals surface area contributed by atoms with Crippen molar-refractivity contribution in [2.45, 2.75) is 18.3 Å². The Hall–Kier alpha value is -2.50. The van der Waals surface area contributed by atoms with Crippen molar-refractivity contribution in [3.05, 3.63) is 41.4 Å². The maximum absolute atomic E-state index is 11.9. The van der Waals surface area contributed by atoms with E-state index in [1.807, 2.05) is 6.20 Å². The summed E-state index contributed by atoms with van der Waals surface area (Å²) in [5, 5.41) is 12.4. The molecule has 1 spiro atoms. The largest absolute Gasteiger partial charge is 0.478 e. The third kappa shape index (κ3) is 1.65. The molecular formula is C15H13N3O3. The zero-order valence-electron chi connectivity index (χ0n) is 11.2. The van der Waals surface area contributed by atoms with Crippen LogP contribution in [0.2, 0.25) is 0 Å². The van der Waals surface area contributed by atoms with Crippen molar-refractivity contribution in [2.75, 3.05) is 11.9 Å². The van der Waals surface area contributed by atoms with Gasteiger partial charge in [0, 0.05) is 29.6 Å². The number of nitrogens with zero attached hydrogens (tertiary/aromatic N) is 2. The summed E-state index contributed by atoms with van der Waals surface area (Å²) >= 11 is 0. The van der Waals surface area contributed by atoms with Gasteiger partial charge in [-0.25, -0.2) is 14.8 Å². The quantitative estimate of drug-likeness (QED) is 0.749. The van der Waals surface area contributed by atoms with Crippen LogP contribution in [0.25, 0.3) is 0 Å². The second-order valence-electron chi connectivity index (χ2n) is 5.88. The van der Waals surface area contributed by atoms with E-state index in [9.17, 15) is 9.59 Å². The van der Waals surface area contributed by atoms with Crippen molar-refractivity contribution in [3.63, 3.8) is 0 Å². The molecule has 21 heavy (non-hydrogen) atoms. The van der Waals surface area contributed by atoms with Gasteiger partial charge in [0.25, 0.3) is 0 Å². The number of fused-ring (bicyclic) bond motifs is 3. The van der Waals surface area contributed by atoms with Crippen LogP contribution in [-0.2, 0) is 15.0 Å². The first-order valence-electron chi connectivity index (χ1n) is 6.83. The van der Waals surface area contributed by atoms with E-state index in [0.717, 1.165) is 36.3 Å². The number of ketones is 1. The zero-order chi connectivity index (χ0) is 14.6. The van der Waals surface area contributed by atoms with E-state index in [1.165, 1.54) is 12.4 Å². The predicted octanol–water partition coefficient (Wildman–Crippen LogP) is 1.07. The van der Waals surface area contributed by atoms with Gasteiger partial charge in [0.1, 0.15) is 17.7 Å². The number of hydrogen-bond donors (Lipinski definition) is 2. The van der Waals surface area contributed by atoms with Gasteiger partial charge in [-0.3, -0.25) is 4.79 Å². The van der Waals surface area contributed by atoms with Gasteiger partial charge in [0.2, 0.25) is 0 Å². The molecule has 1 aromatic rings. The molecule has 0 bridgehead atoms. The number of anilines is 1. The second-order valence-corrected chi connectivity index (χ2v) is 5.88. The lowest BCUT2D eigenvalue weighted by Crippen LogP contribution is -2.25. The number of carboxylic acid groups (broad SMARTS) is 1. The van der Waals surface area contributed by atoms with Crippen LogP contribution in [0.4, 0.5) is 5.82 Å². The molecule has 6 heteroatoms. The lowest BCUT2D eigenvalue weighted by molar-refractivity contribution is -0.134. The molecule has 1 saturated carbocycles. The van der Waals surface area contributed by atoms with Crippen LogP contribution in [-0.4, -0.2) is 33.4 Å². The summed E-state index contributed by atoms with van der Waals surface area (Å²) in [6.45, 7) is 0.749. The molecule has 0 radical (unpaired) electrons. The molecule has 2 N–H and O–H groups in total. The Morgan fingerprint density at radius 3 is 3.14 bits per heavy atom. The molecule has 1 unspecified atom stereocenters. The molecule has 106 valence electrons. The van der Waals surface area contributed by atoms with Crippen LogP contribution in [0.3, 0.4) is 0 Å². The van der Waals surface area contributed by atoms with Gasteiger partial charge in [0.05, 0.1) is 0 Å². The number of carbonyl (C=O) groups is 2. The normalized spacial score (nSPS) is 29.5. The van der Waals surface area contributed by atoms with E-state index in [-0.39, 0.29) is 16.9 Å². The minimum absolute atomic E-state index is 0.0155. The minimum Gasteiger partial charge on any atom is -0.478 e. The summed E-state index contributed by atoms with van der Waals surface area (Å²) in [7, 11) is 0. The fraction of sp³-hybridized carbons (Fsp3) is 0.333. The van der Waals surface area contributed by atoms with Crippen molar-refractivity contribution in [2.24, 2.45) is 5.92 Å². The van der Waals surface area contributed by atoms with Gasteiger partial charge in [-0.1, -0.05) is 11.6 Å². The molecular weight excluding hydrogens is 270 g/mol. The highest BCUT2D eigenvalue weighted by Gasteiger charge is 2.48. The van der Waals surface area contributed by atoms with Crippen molar-refractivity contribution >= 4 is 17.6 Å². The van der Waals surface area contributed by atoms with E-state index < -0.39 is 11.8 Å². The third-order valence-corrected chi connectivity index (χ3v) is 4.69. The van der Waals surface area contributed by atoms with E-state index in [0.29, 0.717) is 0 Å². The Morgan fingerprint density at radius 1 is 1.48 bits per heavy atom. The standard InChI is InChI=1S/C15H13N3O3/c19-12-2-9-4-15(3-8(9)1-10(12)14(20)21)6-17-13-11(15)5-16-7-18-13/h1-2,5,7-8H,3-4,6H2,(H,20,21)(H,16,17,18)/t8?,15-/m0/s1. The molecule has 2 aliphatic carbocycles. The maximum atomic E-state index is 11.9. The SMILES string of the molecule is O=C(O)C1=CC2C[C@@]3(CNc4ncncc43)CC2=CC1=O. The highest BCUT2D eigenvalue weighted by atomic mass is 16.4. The van der Waals surface area contributed by atoms with Crippen molar-refractivity contribution in [1.82, 2.24) is 9.97 Å². The molecule has 1 aromatic heterocycles. The van der Waals surface area contributed by atoms with Gasteiger partial charge in [-0.15, -0.1) is 0 Å².